The topological polar surface area (TPSA) is 58.5 Å². The molecule has 0 aliphatic carbocycles. The zero-order valence-corrected chi connectivity index (χ0v) is 17.2. The van der Waals surface area contributed by atoms with Gasteiger partial charge in [-0.15, -0.1) is 0 Å². The third kappa shape index (κ3) is 5.05. The van der Waals surface area contributed by atoms with E-state index in [9.17, 15) is 8.42 Å². The SMILES string of the molecule is Cc1ccc(S(=O)(=O)N/N=C(\Cc2ccccc2Br)c2ccccc2)cc1. The van der Waals surface area contributed by atoms with Gasteiger partial charge in [0.2, 0.25) is 0 Å². The Morgan fingerprint density at radius 2 is 1.56 bits per heavy atom. The number of halogens is 1. The first-order valence-electron chi connectivity index (χ1n) is 8.39. The molecule has 3 aromatic carbocycles. The van der Waals surface area contributed by atoms with E-state index in [-0.39, 0.29) is 4.90 Å². The van der Waals surface area contributed by atoms with Crippen molar-refractivity contribution < 1.29 is 8.42 Å². The molecule has 0 aromatic heterocycles. The van der Waals surface area contributed by atoms with Gasteiger partial charge < -0.3 is 0 Å². The summed E-state index contributed by atoms with van der Waals surface area (Å²) in [6, 6.07) is 24.0. The Balaban J connectivity index is 1.93. The molecule has 0 fully saturated rings. The van der Waals surface area contributed by atoms with Gasteiger partial charge in [-0.05, 0) is 36.2 Å². The van der Waals surface area contributed by atoms with Crippen LogP contribution in [0.4, 0.5) is 0 Å². The van der Waals surface area contributed by atoms with Crippen LogP contribution in [-0.4, -0.2) is 14.1 Å². The van der Waals surface area contributed by atoms with E-state index >= 15 is 0 Å². The molecule has 0 saturated heterocycles. The number of nitrogens with one attached hydrogen (secondary N) is 1. The highest BCUT2D eigenvalue weighted by molar-refractivity contribution is 9.10. The number of hydrogen-bond donors (Lipinski definition) is 1. The molecule has 27 heavy (non-hydrogen) atoms. The molecule has 0 amide bonds. The Kier molecular flexibility index (Phi) is 6.08. The second-order valence-corrected chi connectivity index (χ2v) is 8.62. The van der Waals surface area contributed by atoms with E-state index in [2.05, 4.69) is 25.9 Å². The summed E-state index contributed by atoms with van der Waals surface area (Å²) in [4.78, 5) is 2.56. The summed E-state index contributed by atoms with van der Waals surface area (Å²) in [5.41, 5.74) is 3.52. The van der Waals surface area contributed by atoms with E-state index in [0.717, 1.165) is 21.2 Å². The van der Waals surface area contributed by atoms with Gasteiger partial charge in [-0.3, -0.25) is 0 Å². The van der Waals surface area contributed by atoms with Crippen molar-refractivity contribution in [3.63, 3.8) is 0 Å². The summed E-state index contributed by atoms with van der Waals surface area (Å²) >= 11 is 3.54. The molecule has 0 bridgehead atoms. The zero-order valence-electron chi connectivity index (χ0n) is 14.8. The van der Waals surface area contributed by atoms with Gasteiger partial charge in [0, 0.05) is 10.9 Å². The van der Waals surface area contributed by atoms with Crippen LogP contribution >= 0.6 is 15.9 Å². The Morgan fingerprint density at radius 1 is 0.926 bits per heavy atom. The van der Waals surface area contributed by atoms with Crippen molar-refractivity contribution >= 4 is 31.7 Å². The van der Waals surface area contributed by atoms with Crippen molar-refractivity contribution in [3.8, 4) is 0 Å². The number of hydrazone groups is 1. The normalized spacial score (nSPS) is 12.0. The molecule has 6 heteroatoms. The van der Waals surface area contributed by atoms with Crippen LogP contribution in [0.25, 0.3) is 0 Å². The smallest absolute Gasteiger partial charge is 0.200 e. The molecule has 0 aliphatic heterocycles. The zero-order chi connectivity index (χ0) is 19.3. The lowest BCUT2D eigenvalue weighted by Crippen LogP contribution is -2.21. The lowest BCUT2D eigenvalue weighted by Gasteiger charge is -2.10. The molecule has 0 unspecified atom stereocenters. The maximum absolute atomic E-state index is 12.6. The minimum atomic E-state index is -3.73. The van der Waals surface area contributed by atoms with Crippen molar-refractivity contribution in [2.45, 2.75) is 18.2 Å². The molecular weight excluding hydrogens is 424 g/mol. The summed E-state index contributed by atoms with van der Waals surface area (Å²) in [7, 11) is -3.73. The molecule has 0 aliphatic rings. The first kappa shape index (κ1) is 19.3. The van der Waals surface area contributed by atoms with Crippen molar-refractivity contribution in [2.75, 3.05) is 0 Å². The average Bonchev–Trinajstić information content (AvgIpc) is 2.67. The summed E-state index contributed by atoms with van der Waals surface area (Å²) in [5, 5.41) is 4.26. The number of hydrogen-bond acceptors (Lipinski definition) is 3. The maximum atomic E-state index is 12.6. The van der Waals surface area contributed by atoms with Crippen LogP contribution in [0.15, 0.2) is 93.3 Å². The Labute approximate surface area is 168 Å². The van der Waals surface area contributed by atoms with E-state index in [1.807, 2.05) is 61.5 Å². The molecule has 3 rings (SSSR count). The number of sulfonamides is 1. The standard InChI is InChI=1S/C21H19BrN2O2S/c1-16-11-13-19(14-12-16)27(25,26)24-23-21(17-7-3-2-4-8-17)15-18-9-5-6-10-20(18)22/h2-14,24H,15H2,1H3/b23-21+. The predicted octanol–water partition coefficient (Wildman–Crippen LogP) is 4.68. The molecule has 3 aromatic rings. The van der Waals surface area contributed by atoms with Crippen LogP contribution < -0.4 is 4.83 Å². The summed E-state index contributed by atoms with van der Waals surface area (Å²) in [6.45, 7) is 1.91. The van der Waals surface area contributed by atoms with Gasteiger partial charge in [0.25, 0.3) is 10.0 Å². The summed E-state index contributed by atoms with van der Waals surface area (Å²) < 4.78 is 26.1. The number of benzene rings is 3. The highest BCUT2D eigenvalue weighted by atomic mass is 79.9. The lowest BCUT2D eigenvalue weighted by atomic mass is 10.0. The van der Waals surface area contributed by atoms with Crippen molar-refractivity contribution in [1.82, 2.24) is 4.83 Å². The minimum Gasteiger partial charge on any atom is -0.200 e. The quantitative estimate of drug-likeness (QED) is 0.444. The van der Waals surface area contributed by atoms with Crippen LogP contribution in [0.2, 0.25) is 0 Å². The van der Waals surface area contributed by atoms with Gasteiger partial charge in [0.1, 0.15) is 0 Å². The van der Waals surface area contributed by atoms with Gasteiger partial charge in [-0.25, -0.2) is 0 Å². The Hall–Kier alpha value is -2.44. The molecule has 1 N–H and O–H groups in total. The molecule has 0 atom stereocenters. The largest absolute Gasteiger partial charge is 0.276 e. The highest BCUT2D eigenvalue weighted by Gasteiger charge is 2.14. The van der Waals surface area contributed by atoms with E-state index in [4.69, 9.17) is 0 Å². The predicted molar refractivity (Wildman–Crippen MR) is 112 cm³/mol. The maximum Gasteiger partial charge on any atom is 0.276 e. The fraction of sp³-hybridized carbons (Fsp3) is 0.0952. The van der Waals surface area contributed by atoms with Gasteiger partial charge >= 0.3 is 0 Å². The summed E-state index contributed by atoms with van der Waals surface area (Å²) in [5.74, 6) is 0. The molecular formula is C21H19BrN2O2S. The van der Waals surface area contributed by atoms with E-state index in [1.165, 1.54) is 0 Å². The molecule has 0 saturated carbocycles. The molecule has 138 valence electrons. The molecule has 4 nitrogen and oxygen atoms in total. The van der Waals surface area contributed by atoms with Crippen LogP contribution in [0.5, 0.6) is 0 Å². The van der Waals surface area contributed by atoms with E-state index in [1.54, 1.807) is 24.3 Å². The van der Waals surface area contributed by atoms with Crippen LogP contribution in [-0.2, 0) is 16.4 Å². The van der Waals surface area contributed by atoms with Gasteiger partial charge in [0.05, 0.1) is 10.6 Å². The first-order chi connectivity index (χ1) is 13.0. The monoisotopic (exact) mass is 442 g/mol. The van der Waals surface area contributed by atoms with Gasteiger partial charge in [-0.1, -0.05) is 82.2 Å². The number of rotatable bonds is 6. The third-order valence-electron chi connectivity index (χ3n) is 4.05. The second kappa shape index (κ2) is 8.50. The van der Waals surface area contributed by atoms with Gasteiger partial charge in [-0.2, -0.15) is 18.4 Å². The minimum absolute atomic E-state index is 0.185. The molecule has 0 heterocycles. The van der Waals surface area contributed by atoms with Crippen molar-refractivity contribution in [3.05, 3.63) is 100 Å². The van der Waals surface area contributed by atoms with Crippen LogP contribution in [0, 0.1) is 6.92 Å². The Bertz CT molecular complexity index is 1050. The fourth-order valence-corrected chi connectivity index (χ4v) is 3.80. The van der Waals surface area contributed by atoms with Gasteiger partial charge in [0.15, 0.2) is 0 Å². The van der Waals surface area contributed by atoms with E-state index < -0.39 is 10.0 Å². The highest BCUT2D eigenvalue weighted by Crippen LogP contribution is 2.19. The number of aryl methyl sites for hydroxylation is 1. The lowest BCUT2D eigenvalue weighted by molar-refractivity contribution is 0.584. The van der Waals surface area contributed by atoms with Crippen molar-refractivity contribution in [2.24, 2.45) is 5.10 Å². The summed E-state index contributed by atoms with van der Waals surface area (Å²) in [6.07, 6.45) is 0.488. The van der Waals surface area contributed by atoms with E-state index in [0.29, 0.717) is 12.1 Å². The molecule has 0 spiro atoms. The van der Waals surface area contributed by atoms with Crippen LogP contribution in [0.3, 0.4) is 0 Å². The second-order valence-electron chi connectivity index (χ2n) is 6.10. The number of nitrogens with zero attached hydrogens (tertiary/aromatic N) is 1. The first-order valence-corrected chi connectivity index (χ1v) is 10.7. The average molecular weight is 443 g/mol. The third-order valence-corrected chi connectivity index (χ3v) is 6.05. The van der Waals surface area contributed by atoms with Crippen molar-refractivity contribution in [1.29, 1.82) is 0 Å². The molecule has 0 radical (unpaired) electrons. The van der Waals surface area contributed by atoms with Crippen LogP contribution in [0.1, 0.15) is 16.7 Å². The Morgan fingerprint density at radius 3 is 2.22 bits per heavy atom. The fourth-order valence-electron chi connectivity index (χ4n) is 2.54.